The van der Waals surface area contributed by atoms with Crippen LogP contribution < -0.4 is 10.1 Å². The van der Waals surface area contributed by atoms with Gasteiger partial charge in [0, 0.05) is 4.88 Å². The van der Waals surface area contributed by atoms with Crippen molar-refractivity contribution in [1.82, 2.24) is 5.32 Å². The van der Waals surface area contributed by atoms with Crippen molar-refractivity contribution in [2.75, 3.05) is 13.2 Å². The predicted octanol–water partition coefficient (Wildman–Crippen LogP) is 4.89. The van der Waals surface area contributed by atoms with Crippen LogP contribution in [0.3, 0.4) is 0 Å². The van der Waals surface area contributed by atoms with E-state index in [0.717, 1.165) is 35.2 Å². The Balaban J connectivity index is 2.27. The Morgan fingerprint density at radius 2 is 2.15 bits per heavy atom. The van der Waals surface area contributed by atoms with Gasteiger partial charge in [0.1, 0.15) is 5.75 Å². The maximum Gasteiger partial charge on any atom is 0.119 e. The van der Waals surface area contributed by atoms with E-state index in [1.807, 2.05) is 23.6 Å². The van der Waals surface area contributed by atoms with Crippen molar-refractivity contribution in [3.05, 3.63) is 51.2 Å². The van der Waals surface area contributed by atoms with Crippen molar-refractivity contribution in [1.29, 1.82) is 0 Å². The number of hydrogen-bond donors (Lipinski definition) is 1. The van der Waals surface area contributed by atoms with E-state index in [9.17, 15) is 0 Å². The van der Waals surface area contributed by atoms with Crippen LogP contribution in [-0.2, 0) is 0 Å². The molecule has 1 heterocycles. The van der Waals surface area contributed by atoms with Crippen LogP contribution in [0, 0.1) is 0 Å². The average molecular weight is 310 g/mol. The minimum absolute atomic E-state index is 0.123. The second-order valence-corrected chi connectivity index (χ2v) is 5.90. The van der Waals surface area contributed by atoms with E-state index in [0.29, 0.717) is 0 Å². The molecule has 2 aromatic rings. The van der Waals surface area contributed by atoms with Gasteiger partial charge in [-0.25, -0.2) is 0 Å². The maximum atomic E-state index is 6.28. The summed E-state index contributed by atoms with van der Waals surface area (Å²) in [4.78, 5) is 1.15. The lowest BCUT2D eigenvalue weighted by atomic mass is 10.0. The van der Waals surface area contributed by atoms with Crippen molar-refractivity contribution in [2.24, 2.45) is 0 Å². The predicted molar refractivity (Wildman–Crippen MR) is 87.1 cm³/mol. The van der Waals surface area contributed by atoms with Gasteiger partial charge < -0.3 is 10.1 Å². The normalized spacial score (nSPS) is 12.3. The first-order valence-electron chi connectivity index (χ1n) is 6.95. The van der Waals surface area contributed by atoms with Crippen LogP contribution >= 0.6 is 22.9 Å². The summed E-state index contributed by atoms with van der Waals surface area (Å²) in [6.45, 7) is 5.84. The molecule has 0 amide bonds. The molecular formula is C16H20ClNOS. The van der Waals surface area contributed by atoms with Gasteiger partial charge >= 0.3 is 0 Å². The molecule has 2 nitrogen and oxygen atoms in total. The number of rotatable bonds is 7. The molecule has 0 saturated carbocycles. The Morgan fingerprint density at radius 3 is 2.80 bits per heavy atom. The summed E-state index contributed by atoms with van der Waals surface area (Å²) in [5.41, 5.74) is 1.19. The topological polar surface area (TPSA) is 21.3 Å². The zero-order valence-corrected chi connectivity index (χ0v) is 13.4. The van der Waals surface area contributed by atoms with Crippen LogP contribution in [0.15, 0.2) is 35.7 Å². The van der Waals surface area contributed by atoms with E-state index >= 15 is 0 Å². The Labute approximate surface area is 129 Å². The lowest BCUT2D eigenvalue weighted by molar-refractivity contribution is 0.317. The van der Waals surface area contributed by atoms with Crippen LogP contribution in [0.5, 0.6) is 5.75 Å². The second kappa shape index (κ2) is 7.67. The molecule has 0 radical (unpaired) electrons. The molecule has 1 aromatic carbocycles. The molecule has 20 heavy (non-hydrogen) atoms. The largest absolute Gasteiger partial charge is 0.494 e. The average Bonchev–Trinajstić information content (AvgIpc) is 2.89. The van der Waals surface area contributed by atoms with Gasteiger partial charge in [-0.3, -0.25) is 0 Å². The fraction of sp³-hybridized carbons (Fsp3) is 0.375. The standard InChI is InChI=1S/C16H20ClNOS/c1-3-9-19-13-7-5-6-12(11-13)15(18-4-2)16-14(17)8-10-20-16/h5-8,10-11,15,18H,3-4,9H2,1-2H3. The molecule has 0 aliphatic heterocycles. The number of nitrogens with one attached hydrogen (secondary N) is 1. The minimum Gasteiger partial charge on any atom is -0.494 e. The summed E-state index contributed by atoms with van der Waals surface area (Å²) in [6, 6.07) is 10.3. The number of thiophene rings is 1. The third-order valence-electron chi connectivity index (χ3n) is 2.98. The van der Waals surface area contributed by atoms with Gasteiger partial charge in [-0.2, -0.15) is 0 Å². The van der Waals surface area contributed by atoms with Gasteiger partial charge in [-0.1, -0.05) is 37.6 Å². The Hall–Kier alpha value is -1.03. The van der Waals surface area contributed by atoms with Crippen LogP contribution in [0.25, 0.3) is 0 Å². The molecule has 0 aliphatic carbocycles. The number of benzene rings is 1. The fourth-order valence-electron chi connectivity index (χ4n) is 2.08. The first-order chi connectivity index (χ1) is 9.76. The molecule has 1 aromatic heterocycles. The molecule has 1 unspecified atom stereocenters. The summed E-state index contributed by atoms with van der Waals surface area (Å²) >= 11 is 7.96. The molecular weight excluding hydrogens is 290 g/mol. The zero-order chi connectivity index (χ0) is 14.4. The quantitative estimate of drug-likeness (QED) is 0.786. The Kier molecular flexibility index (Phi) is 5.89. The molecule has 1 atom stereocenters. The van der Waals surface area contributed by atoms with Crippen LogP contribution in [0.4, 0.5) is 0 Å². The van der Waals surface area contributed by atoms with Crippen molar-refractivity contribution in [2.45, 2.75) is 26.3 Å². The lowest BCUT2D eigenvalue weighted by Crippen LogP contribution is -2.21. The molecule has 0 saturated heterocycles. The minimum atomic E-state index is 0.123. The second-order valence-electron chi connectivity index (χ2n) is 4.54. The molecule has 108 valence electrons. The van der Waals surface area contributed by atoms with Crippen molar-refractivity contribution < 1.29 is 4.74 Å². The van der Waals surface area contributed by atoms with E-state index in [-0.39, 0.29) is 6.04 Å². The van der Waals surface area contributed by atoms with Gasteiger partial charge in [0.2, 0.25) is 0 Å². The molecule has 0 spiro atoms. The third kappa shape index (κ3) is 3.75. The van der Waals surface area contributed by atoms with Gasteiger partial charge in [0.15, 0.2) is 0 Å². The van der Waals surface area contributed by atoms with E-state index < -0.39 is 0 Å². The highest BCUT2D eigenvalue weighted by Gasteiger charge is 2.17. The monoisotopic (exact) mass is 309 g/mol. The first-order valence-corrected chi connectivity index (χ1v) is 8.21. The summed E-state index contributed by atoms with van der Waals surface area (Å²) in [5.74, 6) is 0.917. The van der Waals surface area contributed by atoms with Crippen molar-refractivity contribution in [3.63, 3.8) is 0 Å². The van der Waals surface area contributed by atoms with E-state index in [1.165, 1.54) is 5.56 Å². The van der Waals surface area contributed by atoms with E-state index in [4.69, 9.17) is 16.3 Å². The summed E-state index contributed by atoms with van der Waals surface area (Å²) in [7, 11) is 0. The zero-order valence-electron chi connectivity index (χ0n) is 11.9. The van der Waals surface area contributed by atoms with Crippen LogP contribution in [-0.4, -0.2) is 13.2 Å². The number of ether oxygens (including phenoxy) is 1. The van der Waals surface area contributed by atoms with Gasteiger partial charge in [-0.05, 0) is 42.1 Å². The van der Waals surface area contributed by atoms with E-state index in [2.05, 4.69) is 31.3 Å². The van der Waals surface area contributed by atoms with Crippen LogP contribution in [0.2, 0.25) is 5.02 Å². The Morgan fingerprint density at radius 1 is 1.30 bits per heavy atom. The highest BCUT2D eigenvalue weighted by Crippen LogP contribution is 2.33. The maximum absolute atomic E-state index is 6.28. The molecule has 1 N–H and O–H groups in total. The summed E-state index contributed by atoms with van der Waals surface area (Å²) < 4.78 is 5.71. The highest BCUT2D eigenvalue weighted by atomic mass is 35.5. The molecule has 0 fully saturated rings. The highest BCUT2D eigenvalue weighted by molar-refractivity contribution is 7.10. The third-order valence-corrected chi connectivity index (χ3v) is 4.40. The summed E-state index contributed by atoms with van der Waals surface area (Å²) in [6.07, 6.45) is 1.01. The lowest BCUT2D eigenvalue weighted by Gasteiger charge is -2.18. The fourth-order valence-corrected chi connectivity index (χ4v) is 3.35. The van der Waals surface area contributed by atoms with Gasteiger partial charge in [0.25, 0.3) is 0 Å². The molecule has 2 rings (SSSR count). The summed E-state index contributed by atoms with van der Waals surface area (Å²) in [5, 5.41) is 6.34. The van der Waals surface area contributed by atoms with Gasteiger partial charge in [-0.15, -0.1) is 11.3 Å². The molecule has 4 heteroatoms. The first kappa shape index (κ1) is 15.4. The number of halogens is 1. The number of hydrogen-bond acceptors (Lipinski definition) is 3. The van der Waals surface area contributed by atoms with Crippen molar-refractivity contribution in [3.8, 4) is 5.75 Å². The van der Waals surface area contributed by atoms with E-state index in [1.54, 1.807) is 11.3 Å². The van der Waals surface area contributed by atoms with Gasteiger partial charge in [0.05, 0.1) is 17.7 Å². The SMILES string of the molecule is CCCOc1cccc(C(NCC)c2sccc2Cl)c1. The smallest absolute Gasteiger partial charge is 0.119 e. The van der Waals surface area contributed by atoms with Crippen LogP contribution in [0.1, 0.15) is 36.8 Å². The molecule has 0 bridgehead atoms. The molecule has 0 aliphatic rings. The van der Waals surface area contributed by atoms with Crippen molar-refractivity contribution >= 4 is 22.9 Å². The Bertz CT molecular complexity index is 541.